The van der Waals surface area contributed by atoms with Crippen LogP contribution in [-0.4, -0.2) is 19.9 Å². The Morgan fingerprint density at radius 2 is 2.29 bits per heavy atom. The topological polar surface area (TPSA) is 85.1 Å². The lowest BCUT2D eigenvalue weighted by atomic mass is 10.4. The minimum absolute atomic E-state index is 0.0934. The van der Waals surface area contributed by atoms with E-state index in [0.717, 1.165) is 0 Å². The number of primary sulfonamides is 1. The van der Waals surface area contributed by atoms with Gasteiger partial charge >= 0.3 is 0 Å². The molecule has 1 rings (SSSR count). The number of halogens is 1. The second-order valence-corrected chi connectivity index (χ2v) is 4.55. The van der Waals surface area contributed by atoms with E-state index in [1.54, 1.807) is 0 Å². The molecule has 0 aliphatic heterocycles. The molecule has 78 valence electrons. The third-order valence-electron chi connectivity index (χ3n) is 1.49. The van der Waals surface area contributed by atoms with Crippen molar-refractivity contribution in [1.29, 1.82) is 0 Å². The summed E-state index contributed by atoms with van der Waals surface area (Å²) >= 11 is 5.77. The van der Waals surface area contributed by atoms with Crippen LogP contribution in [0.5, 0.6) is 0 Å². The third kappa shape index (κ3) is 2.57. The molecular formula is C7H10ClN3O2S. The normalized spacial score (nSPS) is 11.4. The van der Waals surface area contributed by atoms with Crippen molar-refractivity contribution in [2.75, 3.05) is 11.9 Å². The van der Waals surface area contributed by atoms with Crippen LogP contribution in [0.3, 0.4) is 0 Å². The molecule has 0 atom stereocenters. The highest BCUT2D eigenvalue weighted by Crippen LogP contribution is 2.21. The van der Waals surface area contributed by atoms with Gasteiger partial charge in [-0.2, -0.15) is 0 Å². The van der Waals surface area contributed by atoms with Gasteiger partial charge in [0, 0.05) is 12.7 Å². The van der Waals surface area contributed by atoms with Crippen LogP contribution in [0.15, 0.2) is 17.2 Å². The molecule has 0 aliphatic carbocycles. The molecular weight excluding hydrogens is 226 g/mol. The van der Waals surface area contributed by atoms with Gasteiger partial charge in [0.25, 0.3) is 0 Å². The van der Waals surface area contributed by atoms with Crippen LogP contribution in [-0.2, 0) is 10.0 Å². The predicted octanol–water partition coefficient (Wildman–Crippen LogP) is 0.814. The molecule has 1 heterocycles. The average molecular weight is 236 g/mol. The van der Waals surface area contributed by atoms with Gasteiger partial charge < -0.3 is 5.32 Å². The number of nitrogens with one attached hydrogen (secondary N) is 1. The quantitative estimate of drug-likeness (QED) is 0.812. The molecule has 0 saturated carbocycles. The molecule has 1 aromatic rings. The van der Waals surface area contributed by atoms with Crippen LogP contribution in [0.25, 0.3) is 0 Å². The van der Waals surface area contributed by atoms with Crippen LogP contribution in [0.2, 0.25) is 5.02 Å². The number of pyridine rings is 1. The van der Waals surface area contributed by atoms with E-state index in [1.807, 2.05) is 6.92 Å². The predicted molar refractivity (Wildman–Crippen MR) is 54.8 cm³/mol. The lowest BCUT2D eigenvalue weighted by Gasteiger charge is -2.05. The lowest BCUT2D eigenvalue weighted by Crippen LogP contribution is -2.13. The third-order valence-corrected chi connectivity index (χ3v) is 2.66. The summed E-state index contributed by atoms with van der Waals surface area (Å²) in [5, 5.41) is 8.01. The van der Waals surface area contributed by atoms with Crippen LogP contribution in [0, 0.1) is 0 Å². The minimum Gasteiger partial charge on any atom is -0.369 e. The average Bonchev–Trinajstić information content (AvgIpc) is 2.07. The number of hydrogen-bond acceptors (Lipinski definition) is 4. The summed E-state index contributed by atoms with van der Waals surface area (Å²) in [4.78, 5) is 3.74. The molecule has 0 spiro atoms. The summed E-state index contributed by atoms with van der Waals surface area (Å²) in [5.41, 5.74) is 0. The molecule has 7 heteroatoms. The highest BCUT2D eigenvalue weighted by Gasteiger charge is 2.10. The molecule has 0 bridgehead atoms. The molecule has 0 unspecified atom stereocenters. The zero-order valence-electron chi connectivity index (χ0n) is 7.49. The Labute approximate surface area is 87.3 Å². The van der Waals surface area contributed by atoms with E-state index in [1.165, 1.54) is 12.3 Å². The van der Waals surface area contributed by atoms with Gasteiger partial charge in [-0.05, 0) is 13.0 Å². The molecule has 0 aliphatic rings. The molecule has 0 saturated heterocycles. The minimum atomic E-state index is -3.73. The van der Waals surface area contributed by atoms with Gasteiger partial charge in [0.2, 0.25) is 10.0 Å². The maximum atomic E-state index is 10.9. The Bertz CT molecular complexity index is 433. The molecule has 0 radical (unpaired) electrons. The van der Waals surface area contributed by atoms with Crippen molar-refractivity contribution in [3.05, 3.63) is 17.3 Å². The molecule has 0 fully saturated rings. The van der Waals surface area contributed by atoms with Crippen molar-refractivity contribution in [3.8, 4) is 0 Å². The number of hydrogen-bond donors (Lipinski definition) is 2. The largest absolute Gasteiger partial charge is 0.369 e. The van der Waals surface area contributed by atoms with E-state index in [0.29, 0.717) is 12.4 Å². The number of nitrogens with two attached hydrogens (primary N) is 1. The highest BCUT2D eigenvalue weighted by molar-refractivity contribution is 7.89. The van der Waals surface area contributed by atoms with Gasteiger partial charge in [-0.15, -0.1) is 0 Å². The van der Waals surface area contributed by atoms with Crippen LogP contribution in [0.1, 0.15) is 6.92 Å². The first-order chi connectivity index (χ1) is 6.45. The van der Waals surface area contributed by atoms with Crippen molar-refractivity contribution in [3.63, 3.8) is 0 Å². The second-order valence-electron chi connectivity index (χ2n) is 2.58. The Morgan fingerprint density at radius 3 is 2.71 bits per heavy atom. The second kappa shape index (κ2) is 4.12. The van der Waals surface area contributed by atoms with Crippen molar-refractivity contribution < 1.29 is 8.42 Å². The maximum absolute atomic E-state index is 10.9. The number of anilines is 1. The number of rotatable bonds is 3. The van der Waals surface area contributed by atoms with E-state index < -0.39 is 10.0 Å². The summed E-state index contributed by atoms with van der Waals surface area (Å²) in [6.07, 6.45) is 1.17. The Morgan fingerprint density at radius 1 is 1.64 bits per heavy atom. The van der Waals surface area contributed by atoms with Crippen molar-refractivity contribution in [1.82, 2.24) is 4.98 Å². The SMILES string of the molecule is CCNc1ncc(S(N)(=O)=O)cc1Cl. The number of sulfonamides is 1. The standard InChI is InChI=1S/C7H10ClN3O2S/c1-2-10-7-6(8)3-5(4-11-7)14(9,12)13/h3-4H,2H2,1H3,(H,10,11)(H2,9,12,13). The Kier molecular flexibility index (Phi) is 3.30. The summed E-state index contributed by atoms with van der Waals surface area (Å²) < 4.78 is 21.8. The van der Waals surface area contributed by atoms with Crippen molar-refractivity contribution in [2.45, 2.75) is 11.8 Å². The first-order valence-corrected chi connectivity index (χ1v) is 5.79. The number of aromatic nitrogens is 1. The van der Waals surface area contributed by atoms with Crippen LogP contribution < -0.4 is 10.5 Å². The van der Waals surface area contributed by atoms with Crippen molar-refractivity contribution in [2.24, 2.45) is 5.14 Å². The van der Waals surface area contributed by atoms with Gasteiger partial charge in [0.15, 0.2) is 0 Å². The summed E-state index contributed by atoms with van der Waals surface area (Å²) in [7, 11) is -3.73. The van der Waals surface area contributed by atoms with E-state index in [4.69, 9.17) is 16.7 Å². The van der Waals surface area contributed by atoms with Gasteiger partial charge in [0.1, 0.15) is 10.7 Å². The van der Waals surface area contributed by atoms with Crippen LogP contribution in [0.4, 0.5) is 5.82 Å². The van der Waals surface area contributed by atoms with Gasteiger partial charge in [0.05, 0.1) is 5.02 Å². The molecule has 0 aromatic carbocycles. The molecule has 0 amide bonds. The fourth-order valence-corrected chi connectivity index (χ4v) is 1.65. The fourth-order valence-electron chi connectivity index (χ4n) is 0.873. The van der Waals surface area contributed by atoms with E-state index >= 15 is 0 Å². The Hall–Kier alpha value is -0.850. The van der Waals surface area contributed by atoms with Gasteiger partial charge in [-0.1, -0.05) is 11.6 Å². The molecule has 3 N–H and O–H groups in total. The first kappa shape index (κ1) is 11.2. The van der Waals surface area contributed by atoms with Gasteiger partial charge in [-0.3, -0.25) is 0 Å². The summed E-state index contributed by atoms with van der Waals surface area (Å²) in [6.45, 7) is 2.53. The maximum Gasteiger partial charge on any atom is 0.239 e. The molecule has 14 heavy (non-hydrogen) atoms. The van der Waals surface area contributed by atoms with E-state index in [9.17, 15) is 8.42 Å². The van der Waals surface area contributed by atoms with Crippen LogP contribution >= 0.6 is 11.6 Å². The Balaban J connectivity index is 3.13. The van der Waals surface area contributed by atoms with Gasteiger partial charge in [-0.25, -0.2) is 18.5 Å². The molecule has 1 aromatic heterocycles. The van der Waals surface area contributed by atoms with Crippen molar-refractivity contribution >= 4 is 27.4 Å². The summed E-state index contributed by atoms with van der Waals surface area (Å²) in [6, 6.07) is 1.27. The monoisotopic (exact) mass is 235 g/mol. The van der Waals surface area contributed by atoms with E-state index in [-0.39, 0.29) is 9.92 Å². The summed E-state index contributed by atoms with van der Waals surface area (Å²) in [5.74, 6) is 0.446. The molecule has 5 nitrogen and oxygen atoms in total. The fraction of sp³-hybridized carbons (Fsp3) is 0.286. The zero-order valence-corrected chi connectivity index (χ0v) is 9.06. The zero-order chi connectivity index (χ0) is 10.8. The first-order valence-electron chi connectivity index (χ1n) is 3.87. The number of nitrogens with zero attached hydrogens (tertiary/aromatic N) is 1. The smallest absolute Gasteiger partial charge is 0.239 e. The lowest BCUT2D eigenvalue weighted by molar-refractivity contribution is 0.597. The van der Waals surface area contributed by atoms with E-state index in [2.05, 4.69) is 10.3 Å². The highest BCUT2D eigenvalue weighted by atomic mass is 35.5.